The summed E-state index contributed by atoms with van der Waals surface area (Å²) in [5, 5.41) is 3.32. The summed E-state index contributed by atoms with van der Waals surface area (Å²) >= 11 is 0. The van der Waals surface area contributed by atoms with E-state index < -0.39 is 5.41 Å². The Balaban J connectivity index is 1.73. The zero-order valence-corrected chi connectivity index (χ0v) is 10.4. The van der Waals surface area contributed by atoms with Crippen LogP contribution in [-0.2, 0) is 4.79 Å². The number of hydrogen-bond acceptors (Lipinski definition) is 4. The second-order valence-corrected chi connectivity index (χ2v) is 5.50. The van der Waals surface area contributed by atoms with Crippen LogP contribution in [0.3, 0.4) is 0 Å². The van der Waals surface area contributed by atoms with Gasteiger partial charge in [0.25, 0.3) is 5.91 Å². The van der Waals surface area contributed by atoms with E-state index in [2.05, 4.69) is 15.3 Å². The van der Waals surface area contributed by atoms with Crippen molar-refractivity contribution in [2.45, 2.75) is 12.8 Å². The van der Waals surface area contributed by atoms with Gasteiger partial charge in [-0.05, 0) is 24.1 Å². The second kappa shape index (κ2) is 3.44. The fraction of sp³-hybridized carbons (Fsp3) is 0.357. The number of rotatable bonds is 0. The van der Waals surface area contributed by atoms with Crippen molar-refractivity contribution in [3.63, 3.8) is 0 Å². The number of amidine groups is 1. The molecule has 19 heavy (non-hydrogen) atoms. The first-order chi connectivity index (χ1) is 9.19. The predicted octanol–water partition coefficient (Wildman–Crippen LogP) is 0.662. The molecule has 0 aromatic heterocycles. The van der Waals surface area contributed by atoms with Crippen LogP contribution < -0.4 is 11.1 Å². The molecule has 1 aliphatic carbocycles. The lowest BCUT2D eigenvalue weighted by Crippen LogP contribution is -2.34. The maximum Gasteiger partial charge on any atom is 0.255 e. The monoisotopic (exact) mass is 254 g/mol. The van der Waals surface area contributed by atoms with E-state index in [-0.39, 0.29) is 11.8 Å². The number of fused-ring (bicyclic) bond motifs is 2. The van der Waals surface area contributed by atoms with Gasteiger partial charge in [-0.1, -0.05) is 6.08 Å². The summed E-state index contributed by atoms with van der Waals surface area (Å²) in [6, 6.07) is 0. The summed E-state index contributed by atoms with van der Waals surface area (Å²) in [4.78, 5) is 20.8. The van der Waals surface area contributed by atoms with Crippen molar-refractivity contribution < 1.29 is 4.79 Å². The van der Waals surface area contributed by atoms with E-state index in [0.29, 0.717) is 25.2 Å². The minimum absolute atomic E-state index is 0.00650. The minimum Gasteiger partial charge on any atom is -0.401 e. The highest BCUT2D eigenvalue weighted by Crippen LogP contribution is 2.52. The number of amides is 1. The smallest absolute Gasteiger partial charge is 0.255 e. The van der Waals surface area contributed by atoms with Gasteiger partial charge in [-0.25, -0.2) is 4.99 Å². The normalized spacial score (nSPS) is 35.2. The molecule has 1 amide bonds. The number of dihydropyridines is 2. The van der Waals surface area contributed by atoms with Crippen LogP contribution >= 0.6 is 0 Å². The third-order valence-electron chi connectivity index (χ3n) is 4.36. The number of allylic oxidation sites excluding steroid dienone is 4. The van der Waals surface area contributed by atoms with Crippen LogP contribution in [0.25, 0.3) is 0 Å². The van der Waals surface area contributed by atoms with Crippen molar-refractivity contribution in [2.75, 3.05) is 6.54 Å². The molecule has 2 unspecified atom stereocenters. The molecule has 2 atom stereocenters. The Morgan fingerprint density at radius 3 is 3.21 bits per heavy atom. The Hall–Kier alpha value is -2.17. The number of nitrogens with one attached hydrogen (secondary N) is 1. The number of aliphatic imine (C=N–C) groups is 2. The van der Waals surface area contributed by atoms with Crippen LogP contribution in [0, 0.1) is 11.3 Å². The molecule has 3 heterocycles. The van der Waals surface area contributed by atoms with E-state index >= 15 is 0 Å². The van der Waals surface area contributed by atoms with E-state index in [4.69, 9.17) is 5.73 Å². The van der Waals surface area contributed by atoms with Gasteiger partial charge in [0.2, 0.25) is 0 Å². The third kappa shape index (κ3) is 1.32. The van der Waals surface area contributed by atoms with Crippen LogP contribution in [0.4, 0.5) is 0 Å². The summed E-state index contributed by atoms with van der Waals surface area (Å²) in [5.41, 5.74) is 8.50. The summed E-state index contributed by atoms with van der Waals surface area (Å²) < 4.78 is 0. The molecule has 3 N–H and O–H groups in total. The Labute approximate surface area is 110 Å². The fourth-order valence-electron chi connectivity index (χ4n) is 3.43. The molecule has 0 aromatic rings. The maximum absolute atomic E-state index is 12.4. The fourth-order valence-corrected chi connectivity index (χ4v) is 3.43. The quantitative estimate of drug-likeness (QED) is 0.666. The molecule has 4 aliphatic rings. The molecule has 1 spiro atoms. The van der Waals surface area contributed by atoms with Gasteiger partial charge in [-0.3, -0.25) is 4.79 Å². The average Bonchev–Trinajstić information content (AvgIpc) is 2.90. The molecule has 0 saturated heterocycles. The van der Waals surface area contributed by atoms with Crippen LogP contribution in [0.5, 0.6) is 0 Å². The highest BCUT2D eigenvalue weighted by molar-refractivity contribution is 6.12. The van der Waals surface area contributed by atoms with Crippen LogP contribution in [0.15, 0.2) is 45.2 Å². The molecule has 3 aliphatic heterocycles. The summed E-state index contributed by atoms with van der Waals surface area (Å²) in [6.45, 7) is 0.662. The van der Waals surface area contributed by atoms with E-state index in [1.807, 2.05) is 18.2 Å². The van der Waals surface area contributed by atoms with Crippen molar-refractivity contribution >= 4 is 18.0 Å². The van der Waals surface area contributed by atoms with E-state index in [9.17, 15) is 4.79 Å². The Morgan fingerprint density at radius 2 is 2.32 bits per heavy atom. The van der Waals surface area contributed by atoms with Gasteiger partial charge in [0.05, 0.1) is 17.9 Å². The highest BCUT2D eigenvalue weighted by atomic mass is 16.2. The van der Waals surface area contributed by atoms with Crippen LogP contribution in [0.2, 0.25) is 0 Å². The lowest BCUT2D eigenvalue weighted by molar-refractivity contribution is -0.126. The largest absolute Gasteiger partial charge is 0.401 e. The number of nitrogens with two attached hydrogens (primary N) is 1. The third-order valence-corrected chi connectivity index (χ3v) is 4.36. The Bertz CT molecular complexity index is 638. The Morgan fingerprint density at radius 1 is 1.42 bits per heavy atom. The highest BCUT2D eigenvalue weighted by Gasteiger charge is 2.55. The lowest BCUT2D eigenvalue weighted by atomic mass is 9.72. The van der Waals surface area contributed by atoms with E-state index in [1.54, 1.807) is 6.21 Å². The first kappa shape index (κ1) is 10.7. The Kier molecular flexibility index (Phi) is 1.94. The molecule has 0 saturated carbocycles. The topological polar surface area (TPSA) is 79.8 Å². The van der Waals surface area contributed by atoms with Crippen molar-refractivity contribution in [3.05, 3.63) is 35.2 Å². The molecule has 4 rings (SSSR count). The van der Waals surface area contributed by atoms with Crippen LogP contribution in [-0.4, -0.2) is 24.5 Å². The van der Waals surface area contributed by atoms with Gasteiger partial charge < -0.3 is 11.1 Å². The first-order valence-corrected chi connectivity index (χ1v) is 6.45. The number of carbonyl (C=O) groups is 1. The predicted molar refractivity (Wildman–Crippen MR) is 72.5 cm³/mol. The van der Waals surface area contributed by atoms with Gasteiger partial charge in [0.15, 0.2) is 0 Å². The van der Waals surface area contributed by atoms with Crippen molar-refractivity contribution in [2.24, 2.45) is 27.1 Å². The van der Waals surface area contributed by atoms with Crippen molar-refractivity contribution in [1.29, 1.82) is 0 Å². The zero-order chi connectivity index (χ0) is 13.0. The maximum atomic E-state index is 12.4. The van der Waals surface area contributed by atoms with Gasteiger partial charge in [-0.2, -0.15) is 4.99 Å². The molecular weight excluding hydrogens is 240 g/mol. The van der Waals surface area contributed by atoms with Gasteiger partial charge >= 0.3 is 0 Å². The SMILES string of the molecule is NC1=CC2=C(CC3(C2)C(=O)N=C2N=CC=CC23)NC1. The number of hydrogen-bond donors (Lipinski definition) is 2. The molecule has 5 nitrogen and oxygen atoms in total. The molecule has 0 bridgehead atoms. The number of carbonyl (C=O) groups excluding carboxylic acids is 1. The summed E-state index contributed by atoms with van der Waals surface area (Å²) in [5.74, 6) is 0.621. The molecule has 5 heteroatoms. The number of nitrogens with zero attached hydrogens (tertiary/aromatic N) is 2. The first-order valence-electron chi connectivity index (χ1n) is 6.45. The van der Waals surface area contributed by atoms with E-state index in [0.717, 1.165) is 17.0 Å². The second-order valence-electron chi connectivity index (χ2n) is 5.50. The van der Waals surface area contributed by atoms with Gasteiger partial charge in [0, 0.05) is 24.0 Å². The molecule has 96 valence electrons. The van der Waals surface area contributed by atoms with Gasteiger partial charge in [-0.15, -0.1) is 0 Å². The van der Waals surface area contributed by atoms with Crippen LogP contribution in [0.1, 0.15) is 12.8 Å². The zero-order valence-electron chi connectivity index (χ0n) is 10.4. The lowest BCUT2D eigenvalue weighted by Gasteiger charge is -2.27. The van der Waals surface area contributed by atoms with Gasteiger partial charge in [0.1, 0.15) is 5.84 Å². The molecular formula is C14H14N4O. The summed E-state index contributed by atoms with van der Waals surface area (Å²) in [6.07, 6.45) is 9.05. The summed E-state index contributed by atoms with van der Waals surface area (Å²) in [7, 11) is 0. The van der Waals surface area contributed by atoms with Crippen molar-refractivity contribution in [1.82, 2.24) is 5.32 Å². The minimum atomic E-state index is -0.470. The standard InChI is InChI=1S/C14H14N4O/c15-9-4-8-5-14(6-11(8)17-7-9)10-2-1-3-16-12(10)18-13(14)19/h1-4,10,17H,5-7,15H2. The molecule has 0 radical (unpaired) electrons. The van der Waals surface area contributed by atoms with Crippen molar-refractivity contribution in [3.8, 4) is 0 Å². The van der Waals surface area contributed by atoms with E-state index in [1.165, 1.54) is 0 Å². The molecule has 0 fully saturated rings. The molecule has 0 aromatic carbocycles. The average molecular weight is 254 g/mol.